The Labute approximate surface area is 95.0 Å². The first-order chi connectivity index (χ1) is 7.31. The Morgan fingerprint density at radius 2 is 1.87 bits per heavy atom. The normalized spacial score (nSPS) is 13.2. The number of unbranched alkanes of at least 4 members (excludes halogenated alkanes) is 3. The van der Waals surface area contributed by atoms with E-state index in [1.54, 1.807) is 0 Å². The van der Waals surface area contributed by atoms with E-state index in [1.807, 2.05) is 6.29 Å². The van der Waals surface area contributed by atoms with Gasteiger partial charge in [-0.1, -0.05) is 45.3 Å². The second-order valence-electron chi connectivity index (χ2n) is 4.33. The van der Waals surface area contributed by atoms with Crippen molar-refractivity contribution >= 4 is 6.29 Å². The maximum Gasteiger partial charge on any atom is 0.198 e. The minimum atomic E-state index is 0.609. The summed E-state index contributed by atoms with van der Waals surface area (Å²) in [5.74, 6) is 0.686. The first-order valence-electron chi connectivity index (χ1n) is 6.31. The van der Waals surface area contributed by atoms with Crippen molar-refractivity contribution in [2.45, 2.75) is 65.2 Å². The van der Waals surface area contributed by atoms with Gasteiger partial charge < -0.3 is 0 Å². The van der Waals surface area contributed by atoms with Gasteiger partial charge >= 0.3 is 0 Å². The molecule has 0 rings (SSSR count). The molecular weight excluding hydrogens is 184 g/mol. The van der Waals surface area contributed by atoms with Gasteiger partial charge in [0.15, 0.2) is 6.29 Å². The second kappa shape index (κ2) is 11.5. The van der Waals surface area contributed by atoms with Crippen LogP contribution in [0.5, 0.6) is 0 Å². The summed E-state index contributed by atoms with van der Waals surface area (Å²) >= 11 is 0. The van der Waals surface area contributed by atoms with Crippen molar-refractivity contribution in [1.29, 1.82) is 0 Å². The van der Waals surface area contributed by atoms with Crippen LogP contribution in [0.25, 0.3) is 0 Å². The van der Waals surface area contributed by atoms with Gasteiger partial charge in [-0.15, -0.1) is 0 Å². The molecule has 0 aliphatic heterocycles. The van der Waals surface area contributed by atoms with Gasteiger partial charge in [0.05, 0.1) is 0 Å². The van der Waals surface area contributed by atoms with Gasteiger partial charge in [-0.25, -0.2) is 0 Å². The lowest BCUT2D eigenvalue weighted by molar-refractivity contribution is 0.465. The number of allylic oxidation sites excluding steroid dienone is 2. The van der Waals surface area contributed by atoms with Crippen LogP contribution in [-0.2, 0) is 4.79 Å². The number of rotatable bonds is 10. The molecule has 0 amide bonds. The van der Waals surface area contributed by atoms with Crippen LogP contribution in [0, 0.1) is 5.92 Å². The highest BCUT2D eigenvalue weighted by atomic mass is 16.1. The van der Waals surface area contributed by atoms with E-state index in [-0.39, 0.29) is 0 Å². The molecule has 0 saturated heterocycles. The maximum absolute atomic E-state index is 10.1. The van der Waals surface area contributed by atoms with E-state index in [0.717, 1.165) is 6.42 Å². The van der Waals surface area contributed by atoms with Gasteiger partial charge in [-0.2, -0.15) is 0 Å². The molecule has 0 aromatic heterocycles. The summed E-state index contributed by atoms with van der Waals surface area (Å²) in [7, 11) is 0. The summed E-state index contributed by atoms with van der Waals surface area (Å²) < 4.78 is 0. The Morgan fingerprint density at radius 3 is 2.53 bits per heavy atom. The molecule has 0 spiro atoms. The first kappa shape index (κ1) is 14.4. The minimum Gasteiger partial charge on any atom is -0.291 e. The third-order valence-corrected chi connectivity index (χ3v) is 2.68. The number of hydrogen-bond donors (Lipinski definition) is 0. The smallest absolute Gasteiger partial charge is 0.198 e. The molecule has 1 heteroatoms. The van der Waals surface area contributed by atoms with Gasteiger partial charge in [0.2, 0.25) is 0 Å². The third-order valence-electron chi connectivity index (χ3n) is 2.68. The maximum atomic E-state index is 10.1. The molecular formula is C14H25O. The van der Waals surface area contributed by atoms with Gasteiger partial charge in [0.25, 0.3) is 0 Å². The lowest BCUT2D eigenvalue weighted by atomic mass is 9.98. The second-order valence-corrected chi connectivity index (χ2v) is 4.33. The predicted octanol–water partition coefficient (Wildman–Crippen LogP) is 4.43. The average Bonchev–Trinajstić information content (AvgIpc) is 2.25. The molecule has 87 valence electrons. The van der Waals surface area contributed by atoms with Crippen molar-refractivity contribution in [3.8, 4) is 0 Å². The van der Waals surface area contributed by atoms with Crippen molar-refractivity contribution in [2.75, 3.05) is 0 Å². The van der Waals surface area contributed by atoms with Crippen LogP contribution in [0.15, 0.2) is 12.2 Å². The quantitative estimate of drug-likeness (QED) is 0.384. The number of carbonyl (C=O) groups excluding carboxylic acids is 1. The Morgan fingerprint density at radius 1 is 1.13 bits per heavy atom. The molecule has 0 fully saturated rings. The average molecular weight is 209 g/mol. The standard InChI is InChI=1S/C14H25O/c1-3-4-5-6-7-8-9-11-14(2)12-10-13-15/h5-6,14H,3-4,7-12H2,1-2H3/b6-5+. The fraction of sp³-hybridized carbons (Fsp3) is 0.786. The summed E-state index contributed by atoms with van der Waals surface area (Å²) in [6, 6.07) is 0. The molecule has 1 radical (unpaired) electrons. The Kier molecular flexibility index (Phi) is 11.0. The highest BCUT2D eigenvalue weighted by molar-refractivity contribution is 5.50. The summed E-state index contributed by atoms with van der Waals surface area (Å²) in [4.78, 5) is 10.1. The van der Waals surface area contributed by atoms with Crippen LogP contribution in [0.3, 0.4) is 0 Å². The van der Waals surface area contributed by atoms with Crippen LogP contribution in [0.2, 0.25) is 0 Å². The van der Waals surface area contributed by atoms with Crippen LogP contribution in [-0.4, -0.2) is 6.29 Å². The largest absolute Gasteiger partial charge is 0.291 e. The van der Waals surface area contributed by atoms with Crippen molar-refractivity contribution in [2.24, 2.45) is 5.92 Å². The van der Waals surface area contributed by atoms with Crippen LogP contribution < -0.4 is 0 Å². The lowest BCUT2D eigenvalue weighted by Crippen LogP contribution is -1.94. The van der Waals surface area contributed by atoms with Crippen molar-refractivity contribution in [1.82, 2.24) is 0 Å². The summed E-state index contributed by atoms with van der Waals surface area (Å²) in [6.45, 7) is 4.43. The predicted molar refractivity (Wildman–Crippen MR) is 66.6 cm³/mol. The number of hydrogen-bond acceptors (Lipinski definition) is 1. The van der Waals surface area contributed by atoms with Crippen molar-refractivity contribution < 1.29 is 4.79 Å². The monoisotopic (exact) mass is 209 g/mol. The summed E-state index contributed by atoms with van der Waals surface area (Å²) in [6.07, 6.45) is 15.7. The van der Waals surface area contributed by atoms with Gasteiger partial charge in [0, 0.05) is 6.42 Å². The summed E-state index contributed by atoms with van der Waals surface area (Å²) in [5, 5.41) is 0. The van der Waals surface area contributed by atoms with E-state index in [9.17, 15) is 4.79 Å². The molecule has 1 nitrogen and oxygen atoms in total. The fourth-order valence-corrected chi connectivity index (χ4v) is 1.61. The fourth-order valence-electron chi connectivity index (χ4n) is 1.61. The molecule has 0 bridgehead atoms. The van der Waals surface area contributed by atoms with Crippen LogP contribution in [0.1, 0.15) is 65.2 Å². The van der Waals surface area contributed by atoms with E-state index >= 15 is 0 Å². The molecule has 0 N–H and O–H groups in total. The van der Waals surface area contributed by atoms with E-state index < -0.39 is 0 Å². The molecule has 0 aromatic rings. The Balaban J connectivity index is 3.19. The van der Waals surface area contributed by atoms with Crippen LogP contribution >= 0.6 is 0 Å². The van der Waals surface area contributed by atoms with Crippen molar-refractivity contribution in [3.05, 3.63) is 12.2 Å². The van der Waals surface area contributed by atoms with E-state index in [1.165, 1.54) is 38.5 Å². The SMILES string of the molecule is CCC/C=C/CCCCC(C)CC[C]=O. The Bertz CT molecular complexity index is 161. The summed E-state index contributed by atoms with van der Waals surface area (Å²) in [5.41, 5.74) is 0. The molecule has 0 heterocycles. The van der Waals surface area contributed by atoms with Gasteiger partial charge in [-0.05, 0) is 31.6 Å². The topological polar surface area (TPSA) is 17.1 Å². The first-order valence-corrected chi connectivity index (χ1v) is 6.31. The highest BCUT2D eigenvalue weighted by Crippen LogP contribution is 2.14. The zero-order valence-corrected chi connectivity index (χ0v) is 10.3. The molecule has 0 aromatic carbocycles. The highest BCUT2D eigenvalue weighted by Gasteiger charge is 2.00. The lowest BCUT2D eigenvalue weighted by Gasteiger charge is -2.07. The molecule has 0 aliphatic carbocycles. The molecule has 1 unspecified atom stereocenters. The Hall–Kier alpha value is -0.590. The molecule has 15 heavy (non-hydrogen) atoms. The van der Waals surface area contributed by atoms with E-state index in [2.05, 4.69) is 26.0 Å². The van der Waals surface area contributed by atoms with Gasteiger partial charge in [0.1, 0.15) is 0 Å². The van der Waals surface area contributed by atoms with Crippen LogP contribution in [0.4, 0.5) is 0 Å². The van der Waals surface area contributed by atoms with Gasteiger partial charge in [-0.3, -0.25) is 4.79 Å². The molecule has 0 saturated carbocycles. The van der Waals surface area contributed by atoms with E-state index in [0.29, 0.717) is 12.3 Å². The molecule has 0 aliphatic rings. The minimum absolute atomic E-state index is 0.609. The zero-order valence-electron chi connectivity index (χ0n) is 10.3. The van der Waals surface area contributed by atoms with E-state index in [4.69, 9.17) is 0 Å². The van der Waals surface area contributed by atoms with Crippen molar-refractivity contribution in [3.63, 3.8) is 0 Å². The third kappa shape index (κ3) is 11.3. The molecule has 1 atom stereocenters. The zero-order chi connectivity index (χ0) is 11.4.